The maximum absolute atomic E-state index is 11.8. The summed E-state index contributed by atoms with van der Waals surface area (Å²) in [6.45, 7) is 0.207. The van der Waals surface area contributed by atoms with Crippen LogP contribution in [0.3, 0.4) is 0 Å². The third-order valence-corrected chi connectivity index (χ3v) is 3.29. The molecule has 0 amide bonds. The Morgan fingerprint density at radius 1 is 0.471 bits per heavy atom. The summed E-state index contributed by atoms with van der Waals surface area (Å²) in [4.78, 5) is 0. The van der Waals surface area contributed by atoms with E-state index in [2.05, 4.69) is 0 Å². The zero-order valence-corrected chi connectivity index (χ0v) is 11.4. The smallest absolute Gasteiger partial charge is 0.0894 e. The molecule has 2 heteroatoms. The van der Waals surface area contributed by atoms with E-state index in [9.17, 15) is 4.39 Å². The topological polar surface area (TPSA) is 20.2 Å². The maximum Gasteiger partial charge on any atom is 0.0894 e. The molecule has 0 heterocycles. The first kappa shape index (κ1) is 16.9. The lowest BCUT2D eigenvalue weighted by molar-refractivity contribution is 0.282. The molecular weight excluding hydrogens is 215 g/mol. The lowest BCUT2D eigenvalue weighted by Gasteiger charge is -2.02. The molecule has 0 atom stereocenters. The van der Waals surface area contributed by atoms with Crippen LogP contribution in [-0.4, -0.2) is 18.4 Å². The number of alkyl halides is 1. The minimum Gasteiger partial charge on any atom is -0.396 e. The van der Waals surface area contributed by atoms with Crippen LogP contribution in [-0.2, 0) is 0 Å². The highest BCUT2D eigenvalue weighted by atomic mass is 19.1. The fraction of sp³-hybridized carbons (Fsp3) is 1.00. The number of halogens is 1. The number of hydrogen-bond donors (Lipinski definition) is 1. The van der Waals surface area contributed by atoms with E-state index in [1.807, 2.05) is 0 Å². The largest absolute Gasteiger partial charge is 0.396 e. The highest BCUT2D eigenvalue weighted by Crippen LogP contribution is 2.12. The first-order valence-corrected chi connectivity index (χ1v) is 7.58. The van der Waals surface area contributed by atoms with E-state index >= 15 is 0 Å². The second-order valence-corrected chi connectivity index (χ2v) is 5.01. The summed E-state index contributed by atoms with van der Waals surface area (Å²) >= 11 is 0. The molecular formula is C15H31FO. The summed E-state index contributed by atoms with van der Waals surface area (Å²) in [6, 6.07) is 0. The Labute approximate surface area is 107 Å². The molecule has 1 nitrogen and oxygen atoms in total. The average molecular weight is 246 g/mol. The number of aliphatic hydroxyl groups excluding tert-OH is 1. The van der Waals surface area contributed by atoms with Gasteiger partial charge in [-0.1, -0.05) is 70.6 Å². The van der Waals surface area contributed by atoms with Gasteiger partial charge in [0, 0.05) is 6.61 Å². The van der Waals surface area contributed by atoms with Crippen LogP contribution in [0.2, 0.25) is 0 Å². The van der Waals surface area contributed by atoms with Crippen molar-refractivity contribution in [1.29, 1.82) is 0 Å². The molecule has 0 fully saturated rings. The normalized spacial score (nSPS) is 10.9. The van der Waals surface area contributed by atoms with Crippen molar-refractivity contribution in [3.05, 3.63) is 0 Å². The molecule has 1 N–H and O–H groups in total. The highest BCUT2D eigenvalue weighted by Gasteiger charge is 1.93. The number of unbranched alkanes of at least 4 members (excludes halogenated alkanes) is 12. The van der Waals surface area contributed by atoms with Gasteiger partial charge in [-0.05, 0) is 12.8 Å². The fourth-order valence-electron chi connectivity index (χ4n) is 2.15. The van der Waals surface area contributed by atoms with Gasteiger partial charge in [0.2, 0.25) is 0 Å². The van der Waals surface area contributed by atoms with Crippen molar-refractivity contribution in [3.8, 4) is 0 Å². The Morgan fingerprint density at radius 3 is 1.06 bits per heavy atom. The van der Waals surface area contributed by atoms with E-state index in [1.165, 1.54) is 64.2 Å². The molecule has 0 radical (unpaired) electrons. The van der Waals surface area contributed by atoms with Gasteiger partial charge in [-0.25, -0.2) is 0 Å². The van der Waals surface area contributed by atoms with Crippen molar-refractivity contribution in [2.24, 2.45) is 0 Å². The second kappa shape index (κ2) is 15.9. The van der Waals surface area contributed by atoms with Crippen LogP contribution < -0.4 is 0 Å². The predicted octanol–water partition coefficient (Wildman–Crippen LogP) is 5.02. The summed E-state index contributed by atoms with van der Waals surface area (Å²) in [6.07, 6.45) is 15.9. The quantitative estimate of drug-likeness (QED) is 0.427. The van der Waals surface area contributed by atoms with Crippen LogP contribution >= 0.6 is 0 Å². The summed E-state index contributed by atoms with van der Waals surface area (Å²) in [7, 11) is 0. The van der Waals surface area contributed by atoms with Gasteiger partial charge in [0.25, 0.3) is 0 Å². The molecule has 104 valence electrons. The lowest BCUT2D eigenvalue weighted by Crippen LogP contribution is -1.85. The van der Waals surface area contributed by atoms with Gasteiger partial charge in [-0.2, -0.15) is 0 Å². The van der Waals surface area contributed by atoms with Gasteiger partial charge < -0.3 is 5.11 Å². The lowest BCUT2D eigenvalue weighted by atomic mass is 10.0. The van der Waals surface area contributed by atoms with Crippen molar-refractivity contribution in [1.82, 2.24) is 0 Å². The first-order valence-electron chi connectivity index (χ1n) is 7.58. The molecule has 0 saturated heterocycles. The zero-order valence-electron chi connectivity index (χ0n) is 11.4. The second-order valence-electron chi connectivity index (χ2n) is 5.01. The van der Waals surface area contributed by atoms with Crippen molar-refractivity contribution < 1.29 is 9.50 Å². The number of rotatable bonds is 14. The van der Waals surface area contributed by atoms with Crippen LogP contribution in [0.1, 0.15) is 83.5 Å². The van der Waals surface area contributed by atoms with Gasteiger partial charge in [0.05, 0.1) is 6.67 Å². The van der Waals surface area contributed by atoms with Crippen molar-refractivity contribution >= 4 is 0 Å². The molecule has 0 aliphatic heterocycles. The monoisotopic (exact) mass is 246 g/mol. The van der Waals surface area contributed by atoms with E-state index < -0.39 is 0 Å². The van der Waals surface area contributed by atoms with Crippen molar-refractivity contribution in [2.45, 2.75) is 83.5 Å². The van der Waals surface area contributed by atoms with E-state index in [-0.39, 0.29) is 6.67 Å². The van der Waals surface area contributed by atoms with E-state index in [0.717, 1.165) is 19.3 Å². The summed E-state index contributed by atoms with van der Waals surface area (Å²) in [5, 5.41) is 8.62. The molecule has 0 aromatic rings. The summed E-state index contributed by atoms with van der Waals surface area (Å²) in [5.41, 5.74) is 0. The van der Waals surface area contributed by atoms with Crippen LogP contribution in [0.25, 0.3) is 0 Å². The zero-order chi connectivity index (χ0) is 12.6. The van der Waals surface area contributed by atoms with Crippen LogP contribution in [0, 0.1) is 0 Å². The summed E-state index contributed by atoms with van der Waals surface area (Å²) in [5.74, 6) is 0. The molecule has 0 aromatic carbocycles. The van der Waals surface area contributed by atoms with Crippen molar-refractivity contribution in [3.63, 3.8) is 0 Å². The third-order valence-electron chi connectivity index (χ3n) is 3.29. The molecule has 0 aliphatic carbocycles. The Balaban J connectivity index is 2.85. The number of hydrogen-bond acceptors (Lipinski definition) is 1. The van der Waals surface area contributed by atoms with Crippen LogP contribution in [0.5, 0.6) is 0 Å². The molecule has 0 unspecified atom stereocenters. The summed E-state index contributed by atoms with van der Waals surface area (Å²) < 4.78 is 11.8. The van der Waals surface area contributed by atoms with Gasteiger partial charge in [-0.3, -0.25) is 4.39 Å². The van der Waals surface area contributed by atoms with Gasteiger partial charge in [0.1, 0.15) is 0 Å². The minimum absolute atomic E-state index is 0.143. The minimum atomic E-state index is -0.143. The molecule has 0 spiro atoms. The van der Waals surface area contributed by atoms with E-state index in [1.54, 1.807) is 0 Å². The molecule has 0 aliphatic rings. The van der Waals surface area contributed by atoms with E-state index in [0.29, 0.717) is 6.61 Å². The maximum atomic E-state index is 11.8. The molecule has 0 saturated carbocycles. The van der Waals surface area contributed by atoms with Crippen LogP contribution in [0.15, 0.2) is 0 Å². The van der Waals surface area contributed by atoms with E-state index in [4.69, 9.17) is 5.11 Å². The van der Waals surface area contributed by atoms with Gasteiger partial charge in [-0.15, -0.1) is 0 Å². The van der Waals surface area contributed by atoms with Crippen molar-refractivity contribution in [2.75, 3.05) is 13.3 Å². The van der Waals surface area contributed by atoms with Gasteiger partial charge >= 0.3 is 0 Å². The van der Waals surface area contributed by atoms with Gasteiger partial charge in [0.15, 0.2) is 0 Å². The Kier molecular flexibility index (Phi) is 15.8. The fourth-order valence-corrected chi connectivity index (χ4v) is 2.15. The molecule has 0 bridgehead atoms. The molecule has 0 aromatic heterocycles. The number of aliphatic hydroxyl groups is 1. The highest BCUT2D eigenvalue weighted by molar-refractivity contribution is 4.48. The van der Waals surface area contributed by atoms with Crippen LogP contribution in [0.4, 0.5) is 4.39 Å². The third kappa shape index (κ3) is 15.9. The Hall–Kier alpha value is -0.110. The SMILES string of the molecule is OCCCCCCCCCCCCCCCF. The Morgan fingerprint density at radius 2 is 0.765 bits per heavy atom. The first-order chi connectivity index (χ1) is 8.41. The molecule has 17 heavy (non-hydrogen) atoms. The molecule has 0 rings (SSSR count). The average Bonchev–Trinajstić information content (AvgIpc) is 2.35. The Bertz CT molecular complexity index is 114. The predicted molar refractivity (Wildman–Crippen MR) is 73.1 cm³/mol. The standard InChI is InChI=1S/C15H31FO/c16-14-12-10-8-6-4-2-1-3-5-7-9-11-13-15-17/h17H,1-15H2.